The van der Waals surface area contributed by atoms with E-state index in [0.29, 0.717) is 28.8 Å². The van der Waals surface area contributed by atoms with Crippen molar-refractivity contribution >= 4 is 35.1 Å². The minimum Gasteiger partial charge on any atom is -0.508 e. The molecule has 0 saturated heterocycles. The lowest BCUT2D eigenvalue weighted by atomic mass is 10.1. The number of amides is 2. The maximum Gasteiger partial charge on any atom is 0.328 e. The number of carboxylic acid groups (broad SMARTS) is 1. The third-order valence-corrected chi connectivity index (χ3v) is 6.04. The van der Waals surface area contributed by atoms with E-state index in [1.165, 1.54) is 11.3 Å². The van der Waals surface area contributed by atoms with Gasteiger partial charge in [0.15, 0.2) is 0 Å². The number of aromatic nitrogens is 2. The van der Waals surface area contributed by atoms with Crippen LogP contribution >= 0.6 is 11.3 Å². The van der Waals surface area contributed by atoms with E-state index < -0.39 is 23.8 Å². The molecule has 2 aromatic heterocycles. The van der Waals surface area contributed by atoms with E-state index in [1.54, 1.807) is 43.5 Å². The predicted octanol–water partition coefficient (Wildman–Crippen LogP) is 2.52. The third kappa shape index (κ3) is 7.24. The summed E-state index contributed by atoms with van der Waals surface area (Å²) in [7, 11) is 0. The lowest BCUT2D eigenvalue weighted by Gasteiger charge is -2.17. The maximum absolute atomic E-state index is 12.8. The van der Waals surface area contributed by atoms with Gasteiger partial charge in [0.05, 0.1) is 21.8 Å². The van der Waals surface area contributed by atoms with Gasteiger partial charge in [0.1, 0.15) is 11.8 Å². The molecule has 0 spiro atoms. The fraction of sp³-hybridized carbons (Fsp3) is 0.292. The van der Waals surface area contributed by atoms with Crippen molar-refractivity contribution in [2.24, 2.45) is 0 Å². The first-order valence-corrected chi connectivity index (χ1v) is 11.8. The number of carbonyl (C=O) groups is 3. The van der Waals surface area contributed by atoms with Gasteiger partial charge < -0.3 is 26.2 Å². The van der Waals surface area contributed by atoms with Crippen molar-refractivity contribution in [3.63, 3.8) is 0 Å². The monoisotopic (exact) mass is 497 g/mol. The molecule has 0 fully saturated rings. The number of aliphatic carboxylic acids is 1. The van der Waals surface area contributed by atoms with Crippen molar-refractivity contribution in [2.45, 2.75) is 32.7 Å². The Morgan fingerprint density at radius 2 is 1.71 bits per heavy atom. The number of phenolic OH excluding ortho intramolecular Hbond substituents is 1. The van der Waals surface area contributed by atoms with Crippen LogP contribution in [0.25, 0.3) is 0 Å². The SMILES string of the molecule is Cc1nc(NCCCc2ccc(O)cc2)nc(C)c1C(=O)NC(CNC(=O)c1cccs1)C(=O)O. The zero-order chi connectivity index (χ0) is 25.4. The first-order chi connectivity index (χ1) is 16.7. The molecule has 3 rings (SSSR count). The molecule has 0 aliphatic rings. The Balaban J connectivity index is 1.56. The van der Waals surface area contributed by atoms with Crippen molar-refractivity contribution in [3.8, 4) is 5.75 Å². The summed E-state index contributed by atoms with van der Waals surface area (Å²) in [6, 6.07) is 9.06. The number of benzene rings is 1. The number of phenols is 1. The first-order valence-electron chi connectivity index (χ1n) is 11.0. The van der Waals surface area contributed by atoms with Crippen LogP contribution < -0.4 is 16.0 Å². The average molecular weight is 498 g/mol. The molecule has 0 saturated carbocycles. The van der Waals surface area contributed by atoms with Gasteiger partial charge in [-0.2, -0.15) is 0 Å². The van der Waals surface area contributed by atoms with Crippen LogP contribution in [0.3, 0.4) is 0 Å². The summed E-state index contributed by atoms with van der Waals surface area (Å²) in [5.41, 5.74) is 2.10. The molecular formula is C24H27N5O5S. The molecule has 11 heteroatoms. The van der Waals surface area contributed by atoms with E-state index in [9.17, 15) is 24.6 Å². The number of thiophene rings is 1. The number of rotatable bonds is 11. The second kappa shape index (κ2) is 11.9. The van der Waals surface area contributed by atoms with E-state index >= 15 is 0 Å². The molecule has 10 nitrogen and oxygen atoms in total. The average Bonchev–Trinajstić information content (AvgIpc) is 3.35. The summed E-state index contributed by atoms with van der Waals surface area (Å²) in [5.74, 6) is -1.70. The van der Waals surface area contributed by atoms with Gasteiger partial charge in [0.25, 0.3) is 11.8 Å². The first kappa shape index (κ1) is 25.6. The molecule has 1 unspecified atom stereocenters. The van der Waals surface area contributed by atoms with E-state index in [1.807, 2.05) is 12.1 Å². The molecule has 2 heterocycles. The van der Waals surface area contributed by atoms with Gasteiger partial charge in [-0.3, -0.25) is 9.59 Å². The van der Waals surface area contributed by atoms with E-state index in [4.69, 9.17) is 0 Å². The molecular weight excluding hydrogens is 470 g/mol. The van der Waals surface area contributed by atoms with Crippen LogP contribution in [-0.2, 0) is 11.2 Å². The summed E-state index contributed by atoms with van der Waals surface area (Å²) in [6.45, 7) is 3.65. The quantitative estimate of drug-likeness (QED) is 0.253. The number of carbonyl (C=O) groups excluding carboxylic acids is 2. The zero-order valence-corrected chi connectivity index (χ0v) is 20.2. The van der Waals surface area contributed by atoms with Gasteiger partial charge in [-0.15, -0.1) is 11.3 Å². The number of nitrogens with zero attached hydrogens (tertiary/aromatic N) is 2. The van der Waals surface area contributed by atoms with Crippen molar-refractivity contribution in [1.29, 1.82) is 0 Å². The van der Waals surface area contributed by atoms with Crippen LogP contribution in [0.15, 0.2) is 41.8 Å². The fourth-order valence-electron chi connectivity index (χ4n) is 3.40. The van der Waals surface area contributed by atoms with Crippen LogP contribution in [0.1, 0.15) is 43.4 Å². The molecule has 35 heavy (non-hydrogen) atoms. The Labute approximate surface area is 206 Å². The summed E-state index contributed by atoms with van der Waals surface area (Å²) >= 11 is 1.23. The Bertz CT molecular complexity index is 1160. The topological polar surface area (TPSA) is 154 Å². The highest BCUT2D eigenvalue weighted by atomic mass is 32.1. The maximum atomic E-state index is 12.8. The summed E-state index contributed by atoms with van der Waals surface area (Å²) in [6.07, 6.45) is 1.62. The van der Waals surface area contributed by atoms with Gasteiger partial charge >= 0.3 is 5.97 Å². The predicted molar refractivity (Wildman–Crippen MR) is 132 cm³/mol. The minimum atomic E-state index is -1.32. The van der Waals surface area contributed by atoms with Crippen molar-refractivity contribution in [1.82, 2.24) is 20.6 Å². The molecule has 1 aromatic carbocycles. The smallest absolute Gasteiger partial charge is 0.328 e. The second-order valence-corrected chi connectivity index (χ2v) is 8.79. The molecule has 5 N–H and O–H groups in total. The van der Waals surface area contributed by atoms with Gasteiger partial charge in [-0.05, 0) is 55.8 Å². The molecule has 0 aliphatic carbocycles. The number of nitrogens with one attached hydrogen (secondary N) is 3. The molecule has 3 aromatic rings. The van der Waals surface area contributed by atoms with E-state index in [0.717, 1.165) is 18.4 Å². The number of anilines is 1. The van der Waals surface area contributed by atoms with Crippen molar-refractivity contribution in [3.05, 3.63) is 69.2 Å². The molecule has 0 aliphatic heterocycles. The molecule has 0 bridgehead atoms. The Kier molecular flexibility index (Phi) is 8.74. The van der Waals surface area contributed by atoms with Crippen molar-refractivity contribution in [2.75, 3.05) is 18.4 Å². The third-order valence-electron chi connectivity index (χ3n) is 5.17. The van der Waals surface area contributed by atoms with Crippen molar-refractivity contribution < 1.29 is 24.6 Å². The normalized spacial score (nSPS) is 11.5. The summed E-state index contributed by atoms with van der Waals surface area (Å²) in [4.78, 5) is 45.7. The number of aromatic hydroxyl groups is 1. The van der Waals surface area contributed by atoms with Gasteiger partial charge in [-0.25, -0.2) is 14.8 Å². The number of carboxylic acids is 1. The van der Waals surface area contributed by atoms with Gasteiger partial charge in [0.2, 0.25) is 5.95 Å². The molecule has 0 radical (unpaired) electrons. The van der Waals surface area contributed by atoms with Crippen LogP contribution in [0.5, 0.6) is 5.75 Å². The minimum absolute atomic E-state index is 0.190. The van der Waals surface area contributed by atoms with Gasteiger partial charge in [-0.1, -0.05) is 18.2 Å². The fourth-order valence-corrected chi connectivity index (χ4v) is 4.04. The van der Waals surface area contributed by atoms with Crippen LogP contribution in [0, 0.1) is 13.8 Å². The number of aryl methyl sites for hydroxylation is 3. The second-order valence-electron chi connectivity index (χ2n) is 7.84. The standard InChI is InChI=1S/C24H27N5O5S/c1-14-20(22(32)29-18(23(33)34)13-26-21(31)19-6-4-12-35-19)15(2)28-24(27-14)25-11-3-5-16-7-9-17(30)10-8-16/h4,6-10,12,18,30H,3,5,11,13H2,1-2H3,(H,26,31)(H,29,32)(H,33,34)(H,25,27,28). The highest BCUT2D eigenvalue weighted by Crippen LogP contribution is 2.14. The highest BCUT2D eigenvalue weighted by Gasteiger charge is 2.24. The van der Waals surface area contributed by atoms with Crippen LogP contribution in [-0.4, -0.2) is 57.1 Å². The summed E-state index contributed by atoms with van der Waals surface area (Å²) < 4.78 is 0. The largest absolute Gasteiger partial charge is 0.508 e. The molecule has 1 atom stereocenters. The lowest BCUT2D eigenvalue weighted by molar-refractivity contribution is -0.139. The van der Waals surface area contributed by atoms with Gasteiger partial charge in [0, 0.05) is 13.1 Å². The highest BCUT2D eigenvalue weighted by molar-refractivity contribution is 7.12. The van der Waals surface area contributed by atoms with Crippen LogP contribution in [0.4, 0.5) is 5.95 Å². The zero-order valence-electron chi connectivity index (χ0n) is 19.4. The Morgan fingerprint density at radius 3 is 2.31 bits per heavy atom. The Hall–Kier alpha value is -3.99. The number of hydrogen-bond donors (Lipinski definition) is 5. The lowest BCUT2D eigenvalue weighted by Crippen LogP contribution is -2.48. The van der Waals surface area contributed by atoms with Crippen LogP contribution in [0.2, 0.25) is 0 Å². The molecule has 184 valence electrons. The number of hydrogen-bond acceptors (Lipinski definition) is 8. The molecule has 2 amide bonds. The Morgan fingerprint density at radius 1 is 1.03 bits per heavy atom. The van der Waals surface area contributed by atoms with E-state index in [-0.39, 0.29) is 17.9 Å². The van der Waals surface area contributed by atoms with E-state index in [2.05, 4.69) is 25.9 Å². The summed E-state index contributed by atoms with van der Waals surface area (Å²) in [5, 5.41) is 28.7.